The van der Waals surface area contributed by atoms with E-state index in [0.717, 1.165) is 0 Å². The molecule has 0 unspecified atom stereocenters. The van der Waals surface area contributed by atoms with E-state index >= 15 is 0 Å². The van der Waals surface area contributed by atoms with Crippen LogP contribution in [0.15, 0.2) is 30.6 Å². The minimum absolute atomic E-state index is 0.229. The fourth-order valence-electron chi connectivity index (χ4n) is 1.52. The number of anilines is 2. The Balaban J connectivity index is 1.91. The van der Waals surface area contributed by atoms with Crippen molar-refractivity contribution in [2.75, 3.05) is 18.0 Å². The molecule has 18 heavy (non-hydrogen) atoms. The van der Waals surface area contributed by atoms with Gasteiger partial charge in [-0.1, -0.05) is 5.21 Å². The van der Waals surface area contributed by atoms with Gasteiger partial charge in [-0.2, -0.15) is 0 Å². The third kappa shape index (κ3) is 2.76. The summed E-state index contributed by atoms with van der Waals surface area (Å²) < 4.78 is 1.63. The normalized spacial score (nSPS) is 10.2. The van der Waals surface area contributed by atoms with Gasteiger partial charge < -0.3 is 16.8 Å². The topological polar surface area (TPSA) is 112 Å². The van der Waals surface area contributed by atoms with Crippen molar-refractivity contribution in [1.29, 1.82) is 0 Å². The van der Waals surface area contributed by atoms with E-state index in [4.69, 9.17) is 11.5 Å². The molecule has 7 nitrogen and oxygen atoms in total. The number of benzene rings is 1. The molecule has 1 heterocycles. The first-order valence-corrected chi connectivity index (χ1v) is 5.44. The summed E-state index contributed by atoms with van der Waals surface area (Å²) >= 11 is 0. The summed E-state index contributed by atoms with van der Waals surface area (Å²) in [4.78, 5) is 11.8. The van der Waals surface area contributed by atoms with Crippen molar-refractivity contribution >= 4 is 17.3 Å². The second kappa shape index (κ2) is 5.17. The lowest BCUT2D eigenvalue weighted by molar-refractivity contribution is 0.0953. The van der Waals surface area contributed by atoms with E-state index in [0.29, 0.717) is 30.0 Å². The van der Waals surface area contributed by atoms with Crippen LogP contribution in [0.4, 0.5) is 11.4 Å². The van der Waals surface area contributed by atoms with Crippen molar-refractivity contribution in [3.05, 3.63) is 36.2 Å². The summed E-state index contributed by atoms with van der Waals surface area (Å²) in [7, 11) is 0. The zero-order chi connectivity index (χ0) is 13.0. The predicted molar refractivity (Wildman–Crippen MR) is 67.6 cm³/mol. The fraction of sp³-hybridized carbons (Fsp3) is 0.182. The Morgan fingerprint density at radius 2 is 2.22 bits per heavy atom. The van der Waals surface area contributed by atoms with Gasteiger partial charge in [-0.25, -0.2) is 0 Å². The van der Waals surface area contributed by atoms with Crippen LogP contribution >= 0.6 is 0 Å². The molecule has 0 saturated heterocycles. The average Bonchev–Trinajstić information content (AvgIpc) is 2.81. The molecule has 0 fully saturated rings. The highest BCUT2D eigenvalue weighted by molar-refractivity contribution is 5.99. The molecule has 0 radical (unpaired) electrons. The Morgan fingerprint density at radius 1 is 1.39 bits per heavy atom. The Hall–Kier alpha value is -2.57. The number of amides is 1. The van der Waals surface area contributed by atoms with E-state index in [-0.39, 0.29) is 5.91 Å². The molecule has 1 amide bonds. The zero-order valence-electron chi connectivity index (χ0n) is 9.71. The summed E-state index contributed by atoms with van der Waals surface area (Å²) in [5, 5.41) is 10.2. The fourth-order valence-corrected chi connectivity index (χ4v) is 1.52. The first kappa shape index (κ1) is 11.9. The highest BCUT2D eigenvalue weighted by Crippen LogP contribution is 2.15. The number of nitrogens with two attached hydrogens (primary N) is 2. The van der Waals surface area contributed by atoms with E-state index in [1.54, 1.807) is 35.3 Å². The predicted octanol–water partition coefficient (Wildman–Crippen LogP) is -0.128. The molecular formula is C11H14N6O. The van der Waals surface area contributed by atoms with E-state index in [2.05, 4.69) is 15.6 Å². The maximum absolute atomic E-state index is 11.8. The molecular weight excluding hydrogens is 232 g/mol. The van der Waals surface area contributed by atoms with Crippen molar-refractivity contribution in [3.8, 4) is 0 Å². The minimum atomic E-state index is -0.229. The molecule has 0 bridgehead atoms. The number of aromatic nitrogens is 3. The monoisotopic (exact) mass is 246 g/mol. The quantitative estimate of drug-likeness (QED) is 0.651. The molecule has 0 aliphatic carbocycles. The molecule has 0 atom stereocenters. The molecule has 0 spiro atoms. The lowest BCUT2D eigenvalue weighted by Gasteiger charge is -2.07. The highest BCUT2D eigenvalue weighted by atomic mass is 16.1. The first-order chi connectivity index (χ1) is 8.66. The van der Waals surface area contributed by atoms with Crippen molar-refractivity contribution in [2.24, 2.45) is 0 Å². The van der Waals surface area contributed by atoms with E-state index in [1.807, 2.05) is 0 Å². The van der Waals surface area contributed by atoms with Gasteiger partial charge in [0.1, 0.15) is 0 Å². The van der Waals surface area contributed by atoms with Crippen molar-refractivity contribution in [3.63, 3.8) is 0 Å². The molecule has 2 aromatic rings. The Morgan fingerprint density at radius 3 is 2.89 bits per heavy atom. The Kier molecular flexibility index (Phi) is 3.42. The second-order valence-corrected chi connectivity index (χ2v) is 3.77. The number of nitrogens with one attached hydrogen (secondary N) is 1. The largest absolute Gasteiger partial charge is 0.399 e. The summed E-state index contributed by atoms with van der Waals surface area (Å²) in [6.07, 6.45) is 3.31. The van der Waals surface area contributed by atoms with Crippen molar-refractivity contribution in [2.45, 2.75) is 6.54 Å². The smallest absolute Gasteiger partial charge is 0.253 e. The third-order valence-electron chi connectivity index (χ3n) is 2.42. The van der Waals surface area contributed by atoms with Crippen LogP contribution in [0, 0.1) is 0 Å². The maximum Gasteiger partial charge on any atom is 0.253 e. The second-order valence-electron chi connectivity index (χ2n) is 3.77. The molecule has 0 aliphatic heterocycles. The molecule has 0 aliphatic rings. The number of carbonyl (C=O) groups is 1. The van der Waals surface area contributed by atoms with Gasteiger partial charge in [0.15, 0.2) is 0 Å². The number of rotatable bonds is 4. The first-order valence-electron chi connectivity index (χ1n) is 5.44. The van der Waals surface area contributed by atoms with Crippen LogP contribution in [-0.4, -0.2) is 27.4 Å². The average molecular weight is 246 g/mol. The van der Waals surface area contributed by atoms with Crippen molar-refractivity contribution < 1.29 is 4.79 Å². The minimum Gasteiger partial charge on any atom is -0.399 e. The van der Waals surface area contributed by atoms with Crippen LogP contribution in [0.1, 0.15) is 10.4 Å². The van der Waals surface area contributed by atoms with Gasteiger partial charge in [0.2, 0.25) is 0 Å². The van der Waals surface area contributed by atoms with Gasteiger partial charge in [0, 0.05) is 24.1 Å². The summed E-state index contributed by atoms with van der Waals surface area (Å²) in [6.45, 7) is 1.01. The van der Waals surface area contributed by atoms with E-state index in [1.165, 1.54) is 0 Å². The van der Waals surface area contributed by atoms with Gasteiger partial charge in [-0.15, -0.1) is 5.10 Å². The molecule has 0 saturated carbocycles. The van der Waals surface area contributed by atoms with Crippen LogP contribution < -0.4 is 16.8 Å². The standard InChI is InChI=1S/C11H14N6O/c12-8-1-2-9(10(13)7-8)11(18)14-3-5-17-6-4-15-16-17/h1-2,4,6-7H,3,5,12-13H2,(H,14,18). The SMILES string of the molecule is Nc1ccc(C(=O)NCCn2ccnn2)c(N)c1. The molecule has 1 aromatic heterocycles. The molecule has 5 N–H and O–H groups in total. The number of hydrogen-bond donors (Lipinski definition) is 3. The van der Waals surface area contributed by atoms with Gasteiger partial charge in [0.05, 0.1) is 18.3 Å². The molecule has 1 aromatic carbocycles. The van der Waals surface area contributed by atoms with Crippen LogP contribution in [0.25, 0.3) is 0 Å². The van der Waals surface area contributed by atoms with Crippen LogP contribution in [-0.2, 0) is 6.54 Å². The number of nitrogen functional groups attached to an aromatic ring is 2. The summed E-state index contributed by atoms with van der Waals surface area (Å²) in [6, 6.07) is 4.81. The Labute approximate surface area is 104 Å². The van der Waals surface area contributed by atoms with Crippen molar-refractivity contribution in [1.82, 2.24) is 20.3 Å². The Bertz CT molecular complexity index is 536. The molecule has 94 valence electrons. The van der Waals surface area contributed by atoms with Gasteiger partial charge in [-0.3, -0.25) is 9.48 Å². The number of hydrogen-bond acceptors (Lipinski definition) is 5. The zero-order valence-corrected chi connectivity index (χ0v) is 9.71. The number of nitrogens with zero attached hydrogens (tertiary/aromatic N) is 3. The van der Waals surface area contributed by atoms with Crippen LogP contribution in [0.5, 0.6) is 0 Å². The third-order valence-corrected chi connectivity index (χ3v) is 2.42. The van der Waals surface area contributed by atoms with Crippen LogP contribution in [0.2, 0.25) is 0 Å². The molecule has 7 heteroatoms. The highest BCUT2D eigenvalue weighted by Gasteiger charge is 2.08. The van der Waals surface area contributed by atoms with E-state index in [9.17, 15) is 4.79 Å². The lowest BCUT2D eigenvalue weighted by atomic mass is 10.1. The lowest BCUT2D eigenvalue weighted by Crippen LogP contribution is -2.28. The summed E-state index contributed by atoms with van der Waals surface area (Å²) in [5.41, 5.74) is 12.6. The molecule has 2 rings (SSSR count). The van der Waals surface area contributed by atoms with Gasteiger partial charge in [-0.05, 0) is 18.2 Å². The number of carbonyl (C=O) groups excluding carboxylic acids is 1. The maximum atomic E-state index is 11.8. The van der Waals surface area contributed by atoms with Gasteiger partial charge >= 0.3 is 0 Å². The van der Waals surface area contributed by atoms with Crippen LogP contribution in [0.3, 0.4) is 0 Å². The van der Waals surface area contributed by atoms with E-state index < -0.39 is 0 Å². The summed E-state index contributed by atoms with van der Waals surface area (Å²) in [5.74, 6) is -0.229. The van der Waals surface area contributed by atoms with Gasteiger partial charge in [0.25, 0.3) is 5.91 Å².